The van der Waals surface area contributed by atoms with Crippen molar-refractivity contribution in [3.05, 3.63) is 65.5 Å². The van der Waals surface area contributed by atoms with Gasteiger partial charge < -0.3 is 0 Å². The summed E-state index contributed by atoms with van der Waals surface area (Å²) in [6.45, 7) is 2.10. The van der Waals surface area contributed by atoms with Crippen LogP contribution in [0.4, 0.5) is 9.52 Å². The van der Waals surface area contributed by atoms with E-state index in [1.165, 1.54) is 35.1 Å². The molecule has 0 saturated heterocycles. The first-order valence-electron chi connectivity index (χ1n) is 7.28. The van der Waals surface area contributed by atoms with Crippen LogP contribution in [0.5, 0.6) is 0 Å². The Hall–Kier alpha value is -2.53. The molecule has 0 aliphatic heterocycles. The van der Waals surface area contributed by atoms with Crippen LogP contribution in [0.25, 0.3) is 16.3 Å². The summed E-state index contributed by atoms with van der Waals surface area (Å²) in [6.07, 6.45) is 4.02. The summed E-state index contributed by atoms with van der Waals surface area (Å²) in [6, 6.07) is 12.0. The van der Waals surface area contributed by atoms with Gasteiger partial charge in [-0.2, -0.15) is 0 Å². The van der Waals surface area contributed by atoms with Crippen LogP contribution in [0.2, 0.25) is 0 Å². The molecule has 0 bridgehead atoms. The van der Waals surface area contributed by atoms with E-state index in [1.807, 2.05) is 12.1 Å². The lowest BCUT2D eigenvalue weighted by Gasteiger charge is -1.96. The van der Waals surface area contributed by atoms with Gasteiger partial charge in [-0.05, 0) is 47.9 Å². The number of amides is 1. The molecule has 116 valence electrons. The van der Waals surface area contributed by atoms with Crippen LogP contribution in [-0.2, 0) is 11.2 Å². The molecule has 2 aromatic carbocycles. The van der Waals surface area contributed by atoms with Crippen LogP contribution in [0.3, 0.4) is 0 Å². The Balaban J connectivity index is 1.71. The lowest BCUT2D eigenvalue weighted by molar-refractivity contribution is -0.111. The molecule has 3 aromatic rings. The Morgan fingerprint density at radius 1 is 1.26 bits per heavy atom. The molecular formula is C18H15FN2OS. The maximum Gasteiger partial charge on any atom is 0.250 e. The Morgan fingerprint density at radius 3 is 2.78 bits per heavy atom. The molecule has 0 unspecified atom stereocenters. The number of rotatable bonds is 4. The maximum atomic E-state index is 12.8. The van der Waals surface area contributed by atoms with Crippen LogP contribution in [-0.4, -0.2) is 10.9 Å². The average Bonchev–Trinajstić information content (AvgIpc) is 2.95. The Morgan fingerprint density at radius 2 is 2.04 bits per heavy atom. The monoisotopic (exact) mass is 326 g/mol. The minimum Gasteiger partial charge on any atom is -0.298 e. The minimum atomic E-state index is -0.299. The van der Waals surface area contributed by atoms with Crippen molar-refractivity contribution in [3.8, 4) is 0 Å². The number of benzene rings is 2. The second-order valence-electron chi connectivity index (χ2n) is 5.05. The predicted molar refractivity (Wildman–Crippen MR) is 93.1 cm³/mol. The van der Waals surface area contributed by atoms with E-state index in [9.17, 15) is 9.18 Å². The number of nitrogens with one attached hydrogen (secondary N) is 1. The molecule has 0 fully saturated rings. The Kier molecular flexibility index (Phi) is 4.48. The van der Waals surface area contributed by atoms with Gasteiger partial charge in [0.2, 0.25) is 5.91 Å². The molecule has 0 aliphatic rings. The second-order valence-corrected chi connectivity index (χ2v) is 6.08. The van der Waals surface area contributed by atoms with Crippen molar-refractivity contribution in [3.63, 3.8) is 0 Å². The van der Waals surface area contributed by atoms with E-state index < -0.39 is 0 Å². The number of anilines is 1. The Labute approximate surface area is 137 Å². The van der Waals surface area contributed by atoms with Crippen LogP contribution in [0.15, 0.2) is 48.5 Å². The van der Waals surface area contributed by atoms with Gasteiger partial charge in [-0.25, -0.2) is 9.37 Å². The molecule has 1 aromatic heterocycles. The smallest absolute Gasteiger partial charge is 0.250 e. The van der Waals surface area contributed by atoms with Crippen molar-refractivity contribution in [2.75, 3.05) is 5.32 Å². The molecule has 1 N–H and O–H groups in total. The number of carbonyl (C=O) groups is 1. The van der Waals surface area contributed by atoms with Crippen LogP contribution < -0.4 is 5.32 Å². The lowest BCUT2D eigenvalue weighted by Crippen LogP contribution is -2.07. The summed E-state index contributed by atoms with van der Waals surface area (Å²) in [5.74, 6) is -0.559. The summed E-state index contributed by atoms with van der Waals surface area (Å²) in [5, 5.41) is 3.33. The van der Waals surface area contributed by atoms with Gasteiger partial charge in [0.25, 0.3) is 0 Å². The van der Waals surface area contributed by atoms with E-state index in [2.05, 4.69) is 23.3 Å². The lowest BCUT2D eigenvalue weighted by atomic mass is 10.2. The van der Waals surface area contributed by atoms with E-state index in [1.54, 1.807) is 18.2 Å². The number of aromatic nitrogens is 1. The third-order valence-electron chi connectivity index (χ3n) is 3.39. The molecule has 23 heavy (non-hydrogen) atoms. The van der Waals surface area contributed by atoms with Gasteiger partial charge >= 0.3 is 0 Å². The van der Waals surface area contributed by atoms with Gasteiger partial charge in [-0.15, -0.1) is 0 Å². The fourth-order valence-corrected chi connectivity index (χ4v) is 3.07. The van der Waals surface area contributed by atoms with Gasteiger partial charge in [0.05, 0.1) is 10.2 Å². The largest absolute Gasteiger partial charge is 0.298 e. The fraction of sp³-hybridized carbons (Fsp3) is 0.111. The van der Waals surface area contributed by atoms with Crippen LogP contribution in [0, 0.1) is 5.82 Å². The molecule has 0 spiro atoms. The summed E-state index contributed by atoms with van der Waals surface area (Å²) in [5.41, 5.74) is 2.89. The highest BCUT2D eigenvalue weighted by Gasteiger charge is 2.06. The molecule has 1 heterocycles. The normalized spacial score (nSPS) is 11.2. The van der Waals surface area contributed by atoms with Gasteiger partial charge in [-0.3, -0.25) is 10.1 Å². The zero-order valence-electron chi connectivity index (χ0n) is 12.5. The first-order valence-corrected chi connectivity index (χ1v) is 8.10. The summed E-state index contributed by atoms with van der Waals surface area (Å²) in [7, 11) is 0. The molecule has 1 amide bonds. The molecule has 0 radical (unpaired) electrons. The highest BCUT2D eigenvalue weighted by atomic mass is 32.1. The first-order chi connectivity index (χ1) is 11.1. The molecule has 3 nitrogen and oxygen atoms in total. The van der Waals surface area contributed by atoms with Crippen molar-refractivity contribution in [2.45, 2.75) is 13.3 Å². The third-order valence-corrected chi connectivity index (χ3v) is 4.32. The van der Waals surface area contributed by atoms with E-state index in [0.29, 0.717) is 5.13 Å². The third kappa shape index (κ3) is 3.81. The number of hydrogen-bond donors (Lipinski definition) is 1. The molecule has 5 heteroatoms. The van der Waals surface area contributed by atoms with Crippen molar-refractivity contribution < 1.29 is 9.18 Å². The van der Waals surface area contributed by atoms with Gasteiger partial charge in [0, 0.05) is 6.08 Å². The van der Waals surface area contributed by atoms with E-state index in [-0.39, 0.29) is 11.7 Å². The highest BCUT2D eigenvalue weighted by molar-refractivity contribution is 7.22. The summed E-state index contributed by atoms with van der Waals surface area (Å²) >= 11 is 1.45. The van der Waals surface area contributed by atoms with Crippen LogP contribution in [0.1, 0.15) is 18.1 Å². The van der Waals surface area contributed by atoms with Crippen LogP contribution >= 0.6 is 11.3 Å². The van der Waals surface area contributed by atoms with E-state index in [0.717, 1.165) is 22.2 Å². The second kappa shape index (κ2) is 6.71. The SMILES string of the molecule is CCc1ccc2nc(NC(=O)/C=C/c3ccc(F)cc3)sc2c1. The van der Waals surface area contributed by atoms with Gasteiger partial charge in [0.1, 0.15) is 5.82 Å². The van der Waals surface area contributed by atoms with E-state index in [4.69, 9.17) is 0 Å². The molecule has 0 saturated carbocycles. The average molecular weight is 326 g/mol. The molecular weight excluding hydrogens is 311 g/mol. The Bertz CT molecular complexity index is 868. The zero-order valence-corrected chi connectivity index (χ0v) is 13.4. The standard InChI is InChI=1S/C18H15FN2OS/c1-2-12-5-9-15-16(11-12)23-18(20-15)21-17(22)10-6-13-3-7-14(19)8-4-13/h3-11H,2H2,1H3,(H,20,21,22)/b10-6+. The summed E-state index contributed by atoms with van der Waals surface area (Å²) < 4.78 is 13.9. The number of thiazole rings is 1. The van der Waals surface area contributed by atoms with Crippen molar-refractivity contribution in [1.82, 2.24) is 4.98 Å². The quantitative estimate of drug-likeness (QED) is 0.709. The highest BCUT2D eigenvalue weighted by Crippen LogP contribution is 2.27. The minimum absolute atomic E-state index is 0.260. The van der Waals surface area contributed by atoms with Gasteiger partial charge in [-0.1, -0.05) is 36.5 Å². The summed E-state index contributed by atoms with van der Waals surface area (Å²) in [4.78, 5) is 16.3. The predicted octanol–water partition coefficient (Wildman–Crippen LogP) is 4.65. The number of halogens is 1. The van der Waals surface area contributed by atoms with Crippen molar-refractivity contribution in [1.29, 1.82) is 0 Å². The number of fused-ring (bicyclic) bond motifs is 1. The van der Waals surface area contributed by atoms with Crippen molar-refractivity contribution in [2.24, 2.45) is 0 Å². The maximum absolute atomic E-state index is 12.8. The fourth-order valence-electron chi connectivity index (χ4n) is 2.14. The number of aryl methyl sites for hydroxylation is 1. The van der Waals surface area contributed by atoms with Gasteiger partial charge in [0.15, 0.2) is 5.13 Å². The topological polar surface area (TPSA) is 42.0 Å². The number of hydrogen-bond acceptors (Lipinski definition) is 3. The zero-order chi connectivity index (χ0) is 16.2. The van der Waals surface area contributed by atoms with Crippen molar-refractivity contribution >= 4 is 38.7 Å². The molecule has 3 rings (SSSR count). The van der Waals surface area contributed by atoms with E-state index >= 15 is 0 Å². The molecule has 0 aliphatic carbocycles. The number of carbonyl (C=O) groups excluding carboxylic acids is 1. The molecule has 0 atom stereocenters. The first kappa shape index (κ1) is 15.4. The number of nitrogens with zero attached hydrogens (tertiary/aromatic N) is 1.